The van der Waals surface area contributed by atoms with E-state index in [4.69, 9.17) is 9.47 Å². The monoisotopic (exact) mass is 368 g/mol. The third kappa shape index (κ3) is 6.55. The van der Waals surface area contributed by atoms with Crippen LogP contribution in [-0.4, -0.2) is 24.6 Å². The molecular weight excluding hydrogens is 340 g/mol. The number of rotatable bonds is 9. The summed E-state index contributed by atoms with van der Waals surface area (Å²) < 4.78 is 10.4. The molecule has 0 aliphatic rings. The molecule has 0 aliphatic carbocycles. The molecule has 27 heavy (non-hydrogen) atoms. The average Bonchev–Trinajstić information content (AvgIpc) is 2.68. The molecule has 1 atom stereocenters. The van der Waals surface area contributed by atoms with Crippen molar-refractivity contribution in [3.05, 3.63) is 59.7 Å². The van der Waals surface area contributed by atoms with Gasteiger partial charge in [-0.05, 0) is 48.6 Å². The van der Waals surface area contributed by atoms with Crippen molar-refractivity contribution in [2.45, 2.75) is 52.6 Å². The van der Waals surface area contributed by atoms with E-state index < -0.39 is 12.1 Å². The molecule has 0 aliphatic heterocycles. The molecule has 0 saturated heterocycles. The molecule has 0 radical (unpaired) electrons. The molecular formula is C23H28O4. The number of esters is 2. The second-order valence-electron chi connectivity index (χ2n) is 6.67. The van der Waals surface area contributed by atoms with Gasteiger partial charge in [-0.15, -0.1) is 0 Å². The van der Waals surface area contributed by atoms with Crippen LogP contribution >= 0.6 is 0 Å². The summed E-state index contributed by atoms with van der Waals surface area (Å²) in [7, 11) is 0. The first kappa shape index (κ1) is 20.7. The Hall–Kier alpha value is -2.62. The van der Waals surface area contributed by atoms with E-state index in [-0.39, 0.29) is 12.6 Å². The Bertz CT molecular complexity index is 732. The molecule has 1 unspecified atom stereocenters. The number of carbonyl (C=O) groups is 2. The van der Waals surface area contributed by atoms with Crippen molar-refractivity contribution in [2.75, 3.05) is 6.61 Å². The topological polar surface area (TPSA) is 52.6 Å². The van der Waals surface area contributed by atoms with Crippen molar-refractivity contribution in [1.29, 1.82) is 0 Å². The van der Waals surface area contributed by atoms with Gasteiger partial charge in [-0.3, -0.25) is 4.79 Å². The zero-order chi connectivity index (χ0) is 19.6. The van der Waals surface area contributed by atoms with E-state index in [1.165, 1.54) is 5.56 Å². The van der Waals surface area contributed by atoms with Crippen LogP contribution in [0.4, 0.5) is 0 Å². The summed E-state index contributed by atoms with van der Waals surface area (Å²) in [4.78, 5) is 23.6. The molecule has 0 heterocycles. The van der Waals surface area contributed by atoms with Gasteiger partial charge in [0.1, 0.15) is 12.7 Å². The lowest BCUT2D eigenvalue weighted by atomic mass is 10.0. The molecule has 2 rings (SSSR count). The summed E-state index contributed by atoms with van der Waals surface area (Å²) in [5, 5.41) is 0. The SMILES string of the molecule is CCCC(=O)OCC(C)OC(=O)c1ccc(-c2ccc(CCC)cc2)cc1. The molecule has 0 bridgehead atoms. The fourth-order valence-corrected chi connectivity index (χ4v) is 2.72. The van der Waals surface area contributed by atoms with E-state index in [1.54, 1.807) is 19.1 Å². The number of carbonyl (C=O) groups excluding carboxylic acids is 2. The Balaban J connectivity index is 1.91. The van der Waals surface area contributed by atoms with Gasteiger partial charge < -0.3 is 9.47 Å². The Labute approximate surface area is 161 Å². The van der Waals surface area contributed by atoms with Gasteiger partial charge in [-0.25, -0.2) is 4.79 Å². The van der Waals surface area contributed by atoms with Gasteiger partial charge in [0.15, 0.2) is 0 Å². The minimum atomic E-state index is -0.482. The van der Waals surface area contributed by atoms with Gasteiger partial charge in [0.05, 0.1) is 5.56 Å². The van der Waals surface area contributed by atoms with Crippen LogP contribution in [0.1, 0.15) is 56.0 Å². The zero-order valence-electron chi connectivity index (χ0n) is 16.4. The Kier molecular flexibility index (Phi) is 8.05. The van der Waals surface area contributed by atoms with Crippen LogP contribution in [-0.2, 0) is 20.7 Å². The molecule has 4 nitrogen and oxygen atoms in total. The van der Waals surface area contributed by atoms with Crippen LogP contribution in [0, 0.1) is 0 Å². The normalized spacial score (nSPS) is 11.7. The summed E-state index contributed by atoms with van der Waals surface area (Å²) in [6.45, 7) is 5.87. The van der Waals surface area contributed by atoms with E-state index >= 15 is 0 Å². The first-order valence-electron chi connectivity index (χ1n) is 9.59. The number of hydrogen-bond donors (Lipinski definition) is 0. The molecule has 2 aromatic rings. The van der Waals surface area contributed by atoms with Crippen LogP contribution in [0.3, 0.4) is 0 Å². The number of aryl methyl sites for hydroxylation is 1. The van der Waals surface area contributed by atoms with Gasteiger partial charge >= 0.3 is 11.9 Å². The second kappa shape index (κ2) is 10.5. The molecule has 0 fully saturated rings. The molecule has 0 spiro atoms. The summed E-state index contributed by atoms with van der Waals surface area (Å²) in [5.74, 6) is -0.686. The smallest absolute Gasteiger partial charge is 0.338 e. The van der Waals surface area contributed by atoms with Gasteiger partial charge in [-0.1, -0.05) is 56.7 Å². The highest BCUT2D eigenvalue weighted by molar-refractivity contribution is 5.90. The molecule has 0 aromatic heterocycles. The quantitative estimate of drug-likeness (QED) is 0.571. The van der Waals surface area contributed by atoms with Gasteiger partial charge in [0, 0.05) is 6.42 Å². The van der Waals surface area contributed by atoms with Crippen molar-refractivity contribution in [3.8, 4) is 11.1 Å². The Morgan fingerprint density at radius 1 is 0.889 bits per heavy atom. The van der Waals surface area contributed by atoms with Crippen LogP contribution < -0.4 is 0 Å². The van der Waals surface area contributed by atoms with Gasteiger partial charge in [-0.2, -0.15) is 0 Å². The maximum Gasteiger partial charge on any atom is 0.338 e. The first-order valence-corrected chi connectivity index (χ1v) is 9.59. The second-order valence-corrected chi connectivity index (χ2v) is 6.67. The molecule has 0 saturated carbocycles. The standard InChI is InChI=1S/C23H28O4/c1-4-6-18-8-10-19(11-9-18)20-12-14-21(15-13-20)23(25)27-17(3)16-26-22(24)7-5-2/h8-15,17H,4-7,16H2,1-3H3. The van der Waals surface area contributed by atoms with Crippen LogP contribution in [0.15, 0.2) is 48.5 Å². The van der Waals surface area contributed by atoms with E-state index in [0.29, 0.717) is 12.0 Å². The summed E-state index contributed by atoms with van der Waals surface area (Å²) in [6.07, 6.45) is 2.84. The fourth-order valence-electron chi connectivity index (χ4n) is 2.72. The Morgan fingerprint density at radius 3 is 2.04 bits per heavy atom. The van der Waals surface area contributed by atoms with Crippen molar-refractivity contribution < 1.29 is 19.1 Å². The Morgan fingerprint density at radius 2 is 1.48 bits per heavy atom. The lowest BCUT2D eigenvalue weighted by Gasteiger charge is -2.14. The first-order chi connectivity index (χ1) is 13.0. The maximum absolute atomic E-state index is 12.2. The highest BCUT2D eigenvalue weighted by Gasteiger charge is 2.14. The summed E-state index contributed by atoms with van der Waals surface area (Å²) >= 11 is 0. The number of benzene rings is 2. The molecule has 0 amide bonds. The molecule has 0 N–H and O–H groups in total. The third-order valence-corrected chi connectivity index (χ3v) is 4.19. The van der Waals surface area contributed by atoms with Crippen molar-refractivity contribution in [2.24, 2.45) is 0 Å². The van der Waals surface area contributed by atoms with Gasteiger partial charge in [0.2, 0.25) is 0 Å². The highest BCUT2D eigenvalue weighted by atomic mass is 16.6. The van der Waals surface area contributed by atoms with E-state index in [1.807, 2.05) is 19.1 Å². The fraction of sp³-hybridized carbons (Fsp3) is 0.391. The summed E-state index contributed by atoms with van der Waals surface area (Å²) in [6, 6.07) is 15.8. The van der Waals surface area contributed by atoms with Crippen LogP contribution in [0.5, 0.6) is 0 Å². The zero-order valence-corrected chi connectivity index (χ0v) is 16.4. The van der Waals surface area contributed by atoms with E-state index in [2.05, 4.69) is 31.2 Å². The lowest BCUT2D eigenvalue weighted by Crippen LogP contribution is -2.22. The minimum absolute atomic E-state index is 0.0762. The largest absolute Gasteiger partial charge is 0.462 e. The minimum Gasteiger partial charge on any atom is -0.462 e. The molecule has 144 valence electrons. The van der Waals surface area contributed by atoms with Gasteiger partial charge in [0.25, 0.3) is 0 Å². The van der Waals surface area contributed by atoms with Crippen molar-refractivity contribution in [1.82, 2.24) is 0 Å². The maximum atomic E-state index is 12.2. The predicted molar refractivity (Wildman–Crippen MR) is 107 cm³/mol. The van der Waals surface area contributed by atoms with E-state index in [0.717, 1.165) is 30.4 Å². The van der Waals surface area contributed by atoms with E-state index in [9.17, 15) is 9.59 Å². The average molecular weight is 368 g/mol. The number of hydrogen-bond acceptors (Lipinski definition) is 4. The van der Waals surface area contributed by atoms with Crippen LogP contribution in [0.25, 0.3) is 11.1 Å². The summed E-state index contributed by atoms with van der Waals surface area (Å²) in [5.41, 5.74) is 3.98. The highest BCUT2D eigenvalue weighted by Crippen LogP contribution is 2.21. The van der Waals surface area contributed by atoms with Crippen LogP contribution in [0.2, 0.25) is 0 Å². The lowest BCUT2D eigenvalue weighted by molar-refractivity contribution is -0.146. The molecule has 2 aromatic carbocycles. The van der Waals surface area contributed by atoms with Crippen molar-refractivity contribution in [3.63, 3.8) is 0 Å². The van der Waals surface area contributed by atoms with Crippen molar-refractivity contribution >= 4 is 11.9 Å². The predicted octanol–water partition coefficient (Wildman–Crippen LogP) is 5.19. The third-order valence-electron chi connectivity index (χ3n) is 4.19. The number of ether oxygens (including phenoxy) is 2. The molecule has 4 heteroatoms.